The molecule has 0 spiro atoms. The van der Waals surface area contributed by atoms with Crippen molar-refractivity contribution in [3.63, 3.8) is 0 Å². The standard InChI is InChI=1S/C24H19N3O2S/c25-14-17-6-12-21(13-7-17)26-23(28)22-15-30-16-27(22)24(29)20-10-8-19(9-11-20)18-4-2-1-3-5-18/h1-13,22H,15-16H2,(H,26,28)/t22-/m0/s1. The number of rotatable bonds is 4. The monoisotopic (exact) mass is 413 g/mol. The van der Waals surface area contributed by atoms with Crippen LogP contribution in [0.5, 0.6) is 0 Å². The number of nitrogens with zero attached hydrogens (tertiary/aromatic N) is 2. The Morgan fingerprint density at radius 2 is 1.60 bits per heavy atom. The summed E-state index contributed by atoms with van der Waals surface area (Å²) in [7, 11) is 0. The largest absolute Gasteiger partial charge is 0.324 e. The molecule has 1 heterocycles. The van der Waals surface area contributed by atoms with E-state index in [1.54, 1.807) is 40.9 Å². The van der Waals surface area contributed by atoms with Crippen LogP contribution in [0.4, 0.5) is 5.69 Å². The lowest BCUT2D eigenvalue weighted by molar-refractivity contribution is -0.119. The molecule has 0 aliphatic carbocycles. The van der Waals surface area contributed by atoms with Crippen LogP contribution in [0.2, 0.25) is 0 Å². The highest BCUT2D eigenvalue weighted by atomic mass is 32.2. The second-order valence-corrected chi connectivity index (χ2v) is 7.91. The van der Waals surface area contributed by atoms with Gasteiger partial charge in [0, 0.05) is 17.0 Å². The molecule has 1 saturated heterocycles. The highest BCUT2D eigenvalue weighted by molar-refractivity contribution is 7.99. The maximum Gasteiger partial charge on any atom is 0.255 e. The number of carbonyl (C=O) groups is 2. The first-order valence-electron chi connectivity index (χ1n) is 9.51. The van der Waals surface area contributed by atoms with Crippen LogP contribution in [0.15, 0.2) is 78.9 Å². The molecule has 0 bridgehead atoms. The summed E-state index contributed by atoms with van der Waals surface area (Å²) in [5, 5.41) is 11.7. The Labute approximate surface area is 179 Å². The van der Waals surface area contributed by atoms with Gasteiger partial charge in [0.2, 0.25) is 5.91 Å². The quantitative estimate of drug-likeness (QED) is 0.689. The minimum absolute atomic E-state index is 0.153. The number of hydrogen-bond acceptors (Lipinski definition) is 4. The Balaban J connectivity index is 1.46. The van der Waals surface area contributed by atoms with Crippen molar-refractivity contribution in [1.29, 1.82) is 5.26 Å². The van der Waals surface area contributed by atoms with E-state index in [1.165, 1.54) is 0 Å². The molecule has 1 fully saturated rings. The van der Waals surface area contributed by atoms with Crippen LogP contribution in [-0.2, 0) is 4.79 Å². The van der Waals surface area contributed by atoms with Crippen molar-refractivity contribution < 1.29 is 9.59 Å². The third kappa shape index (κ3) is 4.22. The molecule has 6 heteroatoms. The van der Waals surface area contributed by atoms with Gasteiger partial charge < -0.3 is 10.2 Å². The van der Waals surface area contributed by atoms with Gasteiger partial charge in [-0.2, -0.15) is 5.26 Å². The van der Waals surface area contributed by atoms with Gasteiger partial charge in [-0.25, -0.2) is 0 Å². The Morgan fingerprint density at radius 1 is 0.933 bits per heavy atom. The van der Waals surface area contributed by atoms with Gasteiger partial charge in [0.15, 0.2) is 0 Å². The molecular weight excluding hydrogens is 394 g/mol. The average molecular weight is 414 g/mol. The predicted molar refractivity (Wildman–Crippen MR) is 119 cm³/mol. The number of nitrogens with one attached hydrogen (secondary N) is 1. The number of thioether (sulfide) groups is 1. The SMILES string of the molecule is N#Cc1ccc(NC(=O)[C@@H]2CSCN2C(=O)c2ccc(-c3ccccc3)cc2)cc1. The van der Waals surface area contributed by atoms with E-state index < -0.39 is 6.04 Å². The van der Waals surface area contributed by atoms with Gasteiger partial charge in [0.1, 0.15) is 6.04 Å². The minimum Gasteiger partial charge on any atom is -0.324 e. The molecule has 3 aromatic carbocycles. The molecule has 148 valence electrons. The van der Waals surface area contributed by atoms with Gasteiger partial charge in [-0.3, -0.25) is 9.59 Å². The van der Waals surface area contributed by atoms with Gasteiger partial charge in [-0.05, 0) is 47.5 Å². The molecule has 30 heavy (non-hydrogen) atoms. The normalized spacial score (nSPS) is 15.4. The molecule has 1 aliphatic heterocycles. The zero-order chi connectivity index (χ0) is 20.9. The lowest BCUT2D eigenvalue weighted by Gasteiger charge is -2.23. The summed E-state index contributed by atoms with van der Waals surface area (Å²) in [5.74, 6) is 0.652. The Bertz CT molecular complexity index is 1090. The van der Waals surface area contributed by atoms with Crippen molar-refractivity contribution in [2.24, 2.45) is 0 Å². The molecular formula is C24H19N3O2S. The molecule has 1 atom stereocenters. The van der Waals surface area contributed by atoms with E-state index >= 15 is 0 Å². The van der Waals surface area contributed by atoms with Crippen molar-refractivity contribution in [2.75, 3.05) is 16.9 Å². The second kappa shape index (κ2) is 8.85. The van der Waals surface area contributed by atoms with Crippen LogP contribution >= 0.6 is 11.8 Å². The Kier molecular flexibility index (Phi) is 5.82. The third-order valence-electron chi connectivity index (χ3n) is 4.97. The molecule has 1 N–H and O–H groups in total. The fourth-order valence-electron chi connectivity index (χ4n) is 3.32. The van der Waals surface area contributed by atoms with Crippen LogP contribution in [0.25, 0.3) is 11.1 Å². The summed E-state index contributed by atoms with van der Waals surface area (Å²) < 4.78 is 0. The van der Waals surface area contributed by atoms with Crippen molar-refractivity contribution in [3.8, 4) is 17.2 Å². The summed E-state index contributed by atoms with van der Waals surface area (Å²) in [6.45, 7) is 0. The molecule has 2 amide bonds. The van der Waals surface area contributed by atoms with Crippen LogP contribution in [0, 0.1) is 11.3 Å². The first-order valence-corrected chi connectivity index (χ1v) is 10.7. The van der Waals surface area contributed by atoms with E-state index in [-0.39, 0.29) is 11.8 Å². The smallest absolute Gasteiger partial charge is 0.255 e. The molecule has 0 aromatic heterocycles. The number of hydrogen-bond donors (Lipinski definition) is 1. The summed E-state index contributed by atoms with van der Waals surface area (Å²) in [6, 6.07) is 25.6. The number of anilines is 1. The second-order valence-electron chi connectivity index (χ2n) is 6.91. The molecule has 4 rings (SSSR count). The fraction of sp³-hybridized carbons (Fsp3) is 0.125. The topological polar surface area (TPSA) is 73.2 Å². The zero-order valence-corrected chi connectivity index (χ0v) is 16.9. The fourth-order valence-corrected chi connectivity index (χ4v) is 4.47. The maximum absolute atomic E-state index is 13.0. The third-order valence-corrected chi connectivity index (χ3v) is 5.98. The molecule has 5 nitrogen and oxygen atoms in total. The van der Waals surface area contributed by atoms with Crippen LogP contribution in [0.3, 0.4) is 0 Å². The highest BCUT2D eigenvalue weighted by Gasteiger charge is 2.35. The van der Waals surface area contributed by atoms with Gasteiger partial charge in [-0.1, -0.05) is 42.5 Å². The molecule has 0 saturated carbocycles. The lowest BCUT2D eigenvalue weighted by Crippen LogP contribution is -2.44. The van der Waals surface area contributed by atoms with Crippen LogP contribution in [0.1, 0.15) is 15.9 Å². The van der Waals surface area contributed by atoms with E-state index in [4.69, 9.17) is 5.26 Å². The predicted octanol–water partition coefficient (Wildman–Crippen LogP) is 4.38. The van der Waals surface area contributed by atoms with Gasteiger partial charge in [0.05, 0.1) is 17.5 Å². The summed E-state index contributed by atoms with van der Waals surface area (Å²) >= 11 is 1.56. The van der Waals surface area contributed by atoms with Crippen molar-refractivity contribution in [3.05, 3.63) is 90.0 Å². The van der Waals surface area contributed by atoms with Gasteiger partial charge in [0.25, 0.3) is 5.91 Å². The van der Waals surface area contributed by atoms with E-state index in [2.05, 4.69) is 5.32 Å². The number of carbonyl (C=O) groups excluding carboxylic acids is 2. The summed E-state index contributed by atoms with van der Waals surface area (Å²) in [6.07, 6.45) is 0. The van der Waals surface area contributed by atoms with Crippen LogP contribution < -0.4 is 5.32 Å². The summed E-state index contributed by atoms with van der Waals surface area (Å²) in [5.41, 5.74) is 3.83. The van der Waals surface area contributed by atoms with Gasteiger partial charge >= 0.3 is 0 Å². The summed E-state index contributed by atoms with van der Waals surface area (Å²) in [4.78, 5) is 27.4. The van der Waals surface area contributed by atoms with Crippen molar-refractivity contribution in [1.82, 2.24) is 4.90 Å². The number of benzene rings is 3. The number of amides is 2. The molecule has 1 aliphatic rings. The molecule has 0 radical (unpaired) electrons. The first kappa shape index (κ1) is 19.7. The first-order chi connectivity index (χ1) is 14.7. The minimum atomic E-state index is -0.535. The van der Waals surface area contributed by atoms with E-state index in [1.807, 2.05) is 60.7 Å². The molecule has 3 aromatic rings. The average Bonchev–Trinajstić information content (AvgIpc) is 3.30. The Morgan fingerprint density at radius 3 is 2.27 bits per heavy atom. The molecule has 0 unspecified atom stereocenters. The van der Waals surface area contributed by atoms with Gasteiger partial charge in [-0.15, -0.1) is 11.8 Å². The number of nitriles is 1. The van der Waals surface area contributed by atoms with Crippen molar-refractivity contribution in [2.45, 2.75) is 6.04 Å². The maximum atomic E-state index is 13.0. The van der Waals surface area contributed by atoms with Crippen LogP contribution in [-0.4, -0.2) is 34.4 Å². The zero-order valence-electron chi connectivity index (χ0n) is 16.1. The van der Waals surface area contributed by atoms with E-state index in [9.17, 15) is 9.59 Å². The lowest BCUT2D eigenvalue weighted by atomic mass is 10.0. The Hall–Kier alpha value is -3.56. The van der Waals surface area contributed by atoms with Crippen molar-refractivity contribution >= 4 is 29.3 Å². The van der Waals surface area contributed by atoms with E-state index in [0.29, 0.717) is 28.4 Å². The van der Waals surface area contributed by atoms with E-state index in [0.717, 1.165) is 11.1 Å². The highest BCUT2D eigenvalue weighted by Crippen LogP contribution is 2.26.